The highest BCUT2D eigenvalue weighted by Crippen LogP contribution is 2.22. The van der Waals surface area contributed by atoms with Crippen molar-refractivity contribution in [3.05, 3.63) is 22.9 Å². The van der Waals surface area contributed by atoms with Gasteiger partial charge in [0.05, 0.1) is 5.56 Å². The first-order chi connectivity index (χ1) is 12.8. The lowest BCUT2D eigenvalue weighted by molar-refractivity contribution is 0.0963. The van der Waals surface area contributed by atoms with E-state index in [4.69, 9.17) is 4.98 Å². The zero-order valence-electron chi connectivity index (χ0n) is 17.2. The summed E-state index contributed by atoms with van der Waals surface area (Å²) in [6.07, 6.45) is 1.39. The number of fused-ring (bicyclic) bond motifs is 1. The average Bonchev–Trinajstić information content (AvgIpc) is 2.85. The van der Waals surface area contributed by atoms with Crippen LogP contribution in [0.2, 0.25) is 0 Å². The first-order valence-corrected chi connectivity index (χ1v) is 9.83. The molecule has 1 aromatic rings. The van der Waals surface area contributed by atoms with Gasteiger partial charge in [-0.3, -0.25) is 4.79 Å². The summed E-state index contributed by atoms with van der Waals surface area (Å²) in [5, 5.41) is 8.97. The van der Waals surface area contributed by atoms with Crippen LogP contribution in [0.25, 0.3) is 0 Å². The Morgan fingerprint density at radius 1 is 1.11 bits per heavy atom. The van der Waals surface area contributed by atoms with Gasteiger partial charge in [-0.2, -0.15) is 0 Å². The molecule has 0 saturated heterocycles. The standard InChI is InChI=1S/C20H33N5O2/c1-13(2)11-22-18-16(19(26)21-5)10-15-6-8-25(9-7-17(15)24-18)20(27)23-12-14(3)4/h10,13-14H,6-9,11-12H2,1-5H3,(H,21,26)(H,22,24)(H,23,27). The molecular weight excluding hydrogens is 342 g/mol. The number of anilines is 1. The fourth-order valence-corrected chi connectivity index (χ4v) is 2.98. The molecule has 0 aliphatic carbocycles. The van der Waals surface area contributed by atoms with Crippen LogP contribution in [0.1, 0.15) is 49.3 Å². The Bertz CT molecular complexity index is 673. The second-order valence-corrected chi connectivity index (χ2v) is 7.91. The van der Waals surface area contributed by atoms with Gasteiger partial charge >= 0.3 is 6.03 Å². The Balaban J connectivity index is 2.18. The van der Waals surface area contributed by atoms with Crippen LogP contribution < -0.4 is 16.0 Å². The van der Waals surface area contributed by atoms with E-state index in [1.165, 1.54) is 0 Å². The predicted octanol–water partition coefficient (Wildman–Crippen LogP) is 2.28. The van der Waals surface area contributed by atoms with Crippen molar-refractivity contribution < 1.29 is 9.59 Å². The van der Waals surface area contributed by atoms with Crippen LogP contribution >= 0.6 is 0 Å². The maximum Gasteiger partial charge on any atom is 0.317 e. The van der Waals surface area contributed by atoms with Crippen molar-refractivity contribution in [2.24, 2.45) is 11.8 Å². The van der Waals surface area contributed by atoms with Crippen molar-refractivity contribution in [3.63, 3.8) is 0 Å². The highest BCUT2D eigenvalue weighted by Gasteiger charge is 2.22. The van der Waals surface area contributed by atoms with Crippen LogP contribution in [0.15, 0.2) is 6.07 Å². The summed E-state index contributed by atoms with van der Waals surface area (Å²) in [6, 6.07) is 1.90. The lowest BCUT2D eigenvalue weighted by atomic mass is 10.0. The van der Waals surface area contributed by atoms with E-state index in [1.54, 1.807) is 7.05 Å². The number of carbonyl (C=O) groups is 2. The summed E-state index contributed by atoms with van der Waals surface area (Å²) in [6.45, 7) is 11.1. The molecule has 3 N–H and O–H groups in total. The average molecular weight is 376 g/mol. The van der Waals surface area contributed by atoms with Crippen molar-refractivity contribution >= 4 is 17.8 Å². The van der Waals surface area contributed by atoms with Gasteiger partial charge in [-0.25, -0.2) is 9.78 Å². The van der Waals surface area contributed by atoms with Crippen LogP contribution in [0, 0.1) is 11.8 Å². The molecule has 1 aliphatic rings. The number of carbonyl (C=O) groups excluding carboxylic acids is 2. The van der Waals surface area contributed by atoms with Gasteiger partial charge in [-0.15, -0.1) is 0 Å². The smallest absolute Gasteiger partial charge is 0.317 e. The fourth-order valence-electron chi connectivity index (χ4n) is 2.98. The van der Waals surface area contributed by atoms with Crippen LogP contribution in [0.3, 0.4) is 0 Å². The number of pyridine rings is 1. The SMILES string of the molecule is CNC(=O)c1cc2c(nc1NCC(C)C)CCN(C(=O)NCC(C)C)CC2. The molecule has 3 amide bonds. The topological polar surface area (TPSA) is 86.4 Å². The molecule has 0 bridgehead atoms. The summed E-state index contributed by atoms with van der Waals surface area (Å²) in [5.74, 6) is 1.35. The van der Waals surface area contributed by atoms with Gasteiger partial charge in [0.2, 0.25) is 0 Å². The Morgan fingerprint density at radius 3 is 2.41 bits per heavy atom. The number of urea groups is 1. The minimum atomic E-state index is -0.146. The van der Waals surface area contributed by atoms with Gasteiger partial charge < -0.3 is 20.9 Å². The Hall–Kier alpha value is -2.31. The van der Waals surface area contributed by atoms with E-state index in [0.717, 1.165) is 17.8 Å². The zero-order valence-corrected chi connectivity index (χ0v) is 17.2. The molecule has 0 spiro atoms. The minimum Gasteiger partial charge on any atom is -0.369 e. The molecule has 27 heavy (non-hydrogen) atoms. The Labute approximate surface area is 162 Å². The molecule has 0 radical (unpaired) electrons. The van der Waals surface area contributed by atoms with Crippen LogP contribution in [-0.4, -0.2) is 55.0 Å². The molecule has 1 aromatic heterocycles. The van der Waals surface area contributed by atoms with Crippen molar-refractivity contribution in [1.82, 2.24) is 20.5 Å². The van der Waals surface area contributed by atoms with Crippen molar-refractivity contribution in [2.75, 3.05) is 38.5 Å². The molecule has 0 atom stereocenters. The van der Waals surface area contributed by atoms with Crippen LogP contribution in [0.4, 0.5) is 10.6 Å². The summed E-state index contributed by atoms with van der Waals surface area (Å²) in [4.78, 5) is 31.3. The number of hydrogen-bond donors (Lipinski definition) is 3. The Kier molecular flexibility index (Phi) is 7.45. The van der Waals surface area contributed by atoms with E-state index >= 15 is 0 Å². The van der Waals surface area contributed by atoms with Crippen molar-refractivity contribution in [1.29, 1.82) is 0 Å². The second-order valence-electron chi connectivity index (χ2n) is 7.91. The summed E-state index contributed by atoms with van der Waals surface area (Å²) < 4.78 is 0. The van der Waals surface area contributed by atoms with Crippen molar-refractivity contribution in [2.45, 2.75) is 40.5 Å². The summed E-state index contributed by atoms with van der Waals surface area (Å²) >= 11 is 0. The quantitative estimate of drug-likeness (QED) is 0.712. The van der Waals surface area contributed by atoms with E-state index in [9.17, 15) is 9.59 Å². The number of nitrogens with one attached hydrogen (secondary N) is 3. The molecule has 2 heterocycles. The van der Waals surface area contributed by atoms with Gasteiger partial charge in [0.25, 0.3) is 5.91 Å². The van der Waals surface area contributed by atoms with E-state index in [2.05, 4.69) is 43.6 Å². The molecule has 0 fully saturated rings. The number of amides is 3. The van der Waals surface area contributed by atoms with E-state index < -0.39 is 0 Å². The predicted molar refractivity (Wildman–Crippen MR) is 108 cm³/mol. The molecule has 0 aromatic carbocycles. The van der Waals surface area contributed by atoms with Crippen molar-refractivity contribution in [3.8, 4) is 0 Å². The van der Waals surface area contributed by atoms with Gasteiger partial charge in [0.15, 0.2) is 0 Å². The van der Waals surface area contributed by atoms with Crippen LogP contribution in [-0.2, 0) is 12.8 Å². The van der Waals surface area contributed by atoms with Gasteiger partial charge in [-0.1, -0.05) is 27.7 Å². The van der Waals surface area contributed by atoms with Gasteiger partial charge in [-0.05, 0) is 29.9 Å². The van der Waals surface area contributed by atoms with Gasteiger partial charge in [0.1, 0.15) is 5.82 Å². The normalized spacial score (nSPS) is 14.0. The molecule has 0 saturated carbocycles. The third kappa shape index (κ3) is 5.84. The monoisotopic (exact) mass is 375 g/mol. The molecule has 7 nitrogen and oxygen atoms in total. The summed E-state index contributed by atoms with van der Waals surface area (Å²) in [7, 11) is 1.63. The number of rotatable bonds is 6. The molecule has 2 rings (SSSR count). The lowest BCUT2D eigenvalue weighted by Gasteiger charge is -2.21. The third-order valence-electron chi connectivity index (χ3n) is 4.56. The highest BCUT2D eigenvalue weighted by atomic mass is 16.2. The number of aromatic nitrogens is 1. The fraction of sp³-hybridized carbons (Fsp3) is 0.650. The summed E-state index contributed by atoms with van der Waals surface area (Å²) in [5.41, 5.74) is 2.57. The number of nitrogens with zero attached hydrogens (tertiary/aromatic N) is 2. The second kappa shape index (κ2) is 9.58. The molecule has 0 unspecified atom stereocenters. The molecular formula is C20H33N5O2. The van der Waals surface area contributed by atoms with Crippen LogP contribution in [0.5, 0.6) is 0 Å². The van der Waals surface area contributed by atoms with E-state index in [1.807, 2.05) is 11.0 Å². The first-order valence-electron chi connectivity index (χ1n) is 9.83. The highest BCUT2D eigenvalue weighted by molar-refractivity contribution is 5.98. The third-order valence-corrected chi connectivity index (χ3v) is 4.56. The molecule has 150 valence electrons. The van der Waals surface area contributed by atoms with Gasteiger partial charge in [0, 0.05) is 45.3 Å². The Morgan fingerprint density at radius 2 is 1.78 bits per heavy atom. The lowest BCUT2D eigenvalue weighted by Crippen LogP contribution is -2.42. The van der Waals surface area contributed by atoms with E-state index in [0.29, 0.717) is 55.7 Å². The first kappa shape index (κ1) is 21.0. The number of hydrogen-bond acceptors (Lipinski definition) is 4. The zero-order chi connectivity index (χ0) is 20.0. The molecule has 7 heteroatoms. The minimum absolute atomic E-state index is 0.0267. The largest absolute Gasteiger partial charge is 0.369 e. The van der Waals surface area contributed by atoms with E-state index in [-0.39, 0.29) is 11.9 Å². The molecule has 1 aliphatic heterocycles. The maximum absolute atomic E-state index is 12.4. The maximum atomic E-state index is 12.4.